The zero-order chi connectivity index (χ0) is 16.9. The number of methoxy groups -OCH3 is 1. The minimum Gasteiger partial charge on any atom is -0.495 e. The van der Waals surface area contributed by atoms with Crippen LogP contribution >= 0.6 is 15.9 Å². The van der Waals surface area contributed by atoms with Crippen LogP contribution in [0.2, 0.25) is 0 Å². The van der Waals surface area contributed by atoms with E-state index in [0.717, 1.165) is 0 Å². The molecule has 0 saturated carbocycles. The Morgan fingerprint density at radius 1 is 1.17 bits per heavy atom. The molecule has 0 amide bonds. The Hall–Kier alpha value is -1.57. The molecular formula is C16H18BrNO4S. The molecule has 0 aliphatic carbocycles. The van der Waals surface area contributed by atoms with Gasteiger partial charge >= 0.3 is 0 Å². The molecule has 1 N–H and O–H groups in total. The second kappa shape index (κ2) is 7.81. The molecule has 1 unspecified atom stereocenters. The first kappa shape index (κ1) is 17.8. The van der Waals surface area contributed by atoms with Gasteiger partial charge in [-0.1, -0.05) is 34.1 Å². The Kier molecular flexibility index (Phi) is 6.04. The summed E-state index contributed by atoms with van der Waals surface area (Å²) in [6.45, 7) is 1.96. The van der Waals surface area contributed by atoms with Crippen LogP contribution in [0.15, 0.2) is 57.9 Å². The third-order valence-corrected chi connectivity index (χ3v) is 5.12. The number of sulfonamides is 1. The number of halogens is 1. The Morgan fingerprint density at radius 3 is 2.52 bits per heavy atom. The van der Waals surface area contributed by atoms with Gasteiger partial charge in [0.15, 0.2) is 0 Å². The van der Waals surface area contributed by atoms with Crippen molar-refractivity contribution < 1.29 is 17.9 Å². The second-order valence-corrected chi connectivity index (χ2v) is 7.54. The average Bonchev–Trinajstić information content (AvgIpc) is 2.53. The van der Waals surface area contributed by atoms with E-state index in [0.29, 0.717) is 10.2 Å². The molecule has 0 saturated heterocycles. The summed E-state index contributed by atoms with van der Waals surface area (Å²) in [5.41, 5.74) is 0. The van der Waals surface area contributed by atoms with Crippen LogP contribution < -0.4 is 14.2 Å². The zero-order valence-electron chi connectivity index (χ0n) is 12.8. The van der Waals surface area contributed by atoms with Crippen molar-refractivity contribution in [1.82, 2.24) is 4.72 Å². The predicted molar refractivity (Wildman–Crippen MR) is 92.4 cm³/mol. The van der Waals surface area contributed by atoms with Gasteiger partial charge in [-0.05, 0) is 37.3 Å². The van der Waals surface area contributed by atoms with E-state index in [-0.39, 0.29) is 17.3 Å². The smallest absolute Gasteiger partial charge is 0.244 e. The summed E-state index contributed by atoms with van der Waals surface area (Å²) in [4.78, 5) is 0.0842. The maximum atomic E-state index is 12.5. The summed E-state index contributed by atoms with van der Waals surface area (Å²) >= 11 is 3.27. The molecule has 124 valence electrons. The van der Waals surface area contributed by atoms with E-state index in [2.05, 4.69) is 20.7 Å². The lowest BCUT2D eigenvalue weighted by Gasteiger charge is -2.16. The Labute approximate surface area is 144 Å². The predicted octanol–water partition coefficient (Wildman–Crippen LogP) is 3.20. The molecule has 7 heteroatoms. The van der Waals surface area contributed by atoms with Crippen LogP contribution in [0.5, 0.6) is 11.5 Å². The number of nitrogens with one attached hydrogen (secondary N) is 1. The van der Waals surface area contributed by atoms with E-state index in [1.807, 2.05) is 30.3 Å². The van der Waals surface area contributed by atoms with Crippen LogP contribution in [0.25, 0.3) is 0 Å². The fourth-order valence-corrected chi connectivity index (χ4v) is 3.90. The molecule has 0 spiro atoms. The van der Waals surface area contributed by atoms with Crippen LogP contribution in [-0.2, 0) is 10.0 Å². The molecule has 0 aromatic heterocycles. The van der Waals surface area contributed by atoms with Crippen LogP contribution in [0.4, 0.5) is 0 Å². The number of rotatable bonds is 7. The van der Waals surface area contributed by atoms with E-state index in [1.165, 1.54) is 13.2 Å². The SMILES string of the molecule is COc1ccc(Br)cc1S(=O)(=O)NC(C)COc1ccccc1. The maximum Gasteiger partial charge on any atom is 0.244 e. The van der Waals surface area contributed by atoms with Gasteiger partial charge in [-0.3, -0.25) is 0 Å². The molecule has 0 bridgehead atoms. The maximum absolute atomic E-state index is 12.5. The van der Waals surface area contributed by atoms with Gasteiger partial charge in [0.25, 0.3) is 0 Å². The molecule has 1 atom stereocenters. The Morgan fingerprint density at radius 2 is 1.87 bits per heavy atom. The summed E-state index contributed by atoms with van der Waals surface area (Å²) in [5, 5.41) is 0. The summed E-state index contributed by atoms with van der Waals surface area (Å²) in [7, 11) is -2.28. The largest absolute Gasteiger partial charge is 0.495 e. The van der Waals surface area contributed by atoms with E-state index >= 15 is 0 Å². The first-order chi connectivity index (χ1) is 10.9. The van der Waals surface area contributed by atoms with Crippen LogP contribution in [0.1, 0.15) is 6.92 Å². The molecule has 2 rings (SSSR count). The summed E-state index contributed by atoms with van der Waals surface area (Å²) in [6, 6.07) is 13.7. The third kappa shape index (κ3) is 4.95. The molecule has 0 aliphatic heterocycles. The minimum absolute atomic E-state index is 0.0842. The topological polar surface area (TPSA) is 64.6 Å². The fraction of sp³-hybridized carbons (Fsp3) is 0.250. The Bertz CT molecular complexity index is 750. The molecule has 0 radical (unpaired) electrons. The third-order valence-electron chi connectivity index (χ3n) is 3.01. The van der Waals surface area contributed by atoms with E-state index in [4.69, 9.17) is 9.47 Å². The zero-order valence-corrected chi connectivity index (χ0v) is 15.2. The van der Waals surface area contributed by atoms with Gasteiger partial charge in [0.2, 0.25) is 10.0 Å². The quantitative estimate of drug-likeness (QED) is 0.776. The highest BCUT2D eigenvalue weighted by Crippen LogP contribution is 2.27. The van der Waals surface area contributed by atoms with Crippen LogP contribution in [0.3, 0.4) is 0 Å². The van der Waals surface area contributed by atoms with Crippen molar-refractivity contribution in [2.45, 2.75) is 17.9 Å². The highest BCUT2D eigenvalue weighted by Gasteiger charge is 2.22. The van der Waals surface area contributed by atoms with E-state index < -0.39 is 16.1 Å². The molecule has 5 nitrogen and oxygen atoms in total. The monoisotopic (exact) mass is 399 g/mol. The molecule has 0 aliphatic rings. The lowest BCUT2D eigenvalue weighted by atomic mass is 10.3. The molecule has 2 aromatic carbocycles. The van der Waals surface area contributed by atoms with Gasteiger partial charge in [0.05, 0.1) is 13.2 Å². The lowest BCUT2D eigenvalue weighted by molar-refractivity contribution is 0.287. The second-order valence-electron chi connectivity index (χ2n) is 4.94. The number of ether oxygens (including phenoxy) is 2. The summed E-state index contributed by atoms with van der Waals surface area (Å²) in [5.74, 6) is 0.982. The molecule has 23 heavy (non-hydrogen) atoms. The average molecular weight is 400 g/mol. The Balaban J connectivity index is 2.07. The lowest BCUT2D eigenvalue weighted by Crippen LogP contribution is -2.36. The number of hydrogen-bond donors (Lipinski definition) is 1. The van der Waals surface area contributed by atoms with Gasteiger partial charge in [-0.15, -0.1) is 0 Å². The molecule has 0 heterocycles. The van der Waals surface area contributed by atoms with Crippen molar-refractivity contribution >= 4 is 26.0 Å². The summed E-state index contributed by atoms with van der Waals surface area (Å²) < 4.78 is 39.0. The van der Waals surface area contributed by atoms with Crippen molar-refractivity contribution in [1.29, 1.82) is 0 Å². The van der Waals surface area contributed by atoms with Crippen molar-refractivity contribution in [2.75, 3.05) is 13.7 Å². The number of benzene rings is 2. The first-order valence-electron chi connectivity index (χ1n) is 6.96. The van der Waals surface area contributed by atoms with Gasteiger partial charge in [0, 0.05) is 4.47 Å². The van der Waals surface area contributed by atoms with Gasteiger partial charge < -0.3 is 9.47 Å². The van der Waals surface area contributed by atoms with E-state index in [1.54, 1.807) is 19.1 Å². The molecular weight excluding hydrogens is 382 g/mol. The number of hydrogen-bond acceptors (Lipinski definition) is 4. The summed E-state index contributed by atoms with van der Waals surface area (Å²) in [6.07, 6.45) is 0. The van der Waals surface area contributed by atoms with Crippen molar-refractivity contribution in [3.05, 3.63) is 53.0 Å². The standard InChI is InChI=1S/C16H18BrNO4S/c1-12(11-22-14-6-4-3-5-7-14)18-23(19,20)16-10-13(17)8-9-15(16)21-2/h3-10,12,18H,11H2,1-2H3. The fourth-order valence-electron chi connectivity index (χ4n) is 1.96. The first-order valence-corrected chi connectivity index (χ1v) is 9.23. The van der Waals surface area contributed by atoms with Crippen molar-refractivity contribution in [3.63, 3.8) is 0 Å². The highest BCUT2D eigenvalue weighted by atomic mass is 79.9. The highest BCUT2D eigenvalue weighted by molar-refractivity contribution is 9.10. The number of para-hydroxylation sites is 1. The van der Waals surface area contributed by atoms with Gasteiger partial charge in [-0.25, -0.2) is 13.1 Å². The molecule has 0 fully saturated rings. The van der Waals surface area contributed by atoms with Gasteiger partial charge in [0.1, 0.15) is 23.0 Å². The van der Waals surface area contributed by atoms with Crippen LogP contribution in [0, 0.1) is 0 Å². The minimum atomic E-state index is -3.71. The van der Waals surface area contributed by atoms with Crippen molar-refractivity contribution in [2.24, 2.45) is 0 Å². The van der Waals surface area contributed by atoms with Crippen molar-refractivity contribution in [3.8, 4) is 11.5 Å². The van der Waals surface area contributed by atoms with Gasteiger partial charge in [-0.2, -0.15) is 0 Å². The molecule has 2 aromatic rings. The normalized spacial score (nSPS) is 12.7. The van der Waals surface area contributed by atoms with Crippen LogP contribution in [-0.4, -0.2) is 28.2 Å². The van der Waals surface area contributed by atoms with E-state index in [9.17, 15) is 8.42 Å².